The molecule has 2 unspecified atom stereocenters. The quantitative estimate of drug-likeness (QED) is 0.515. The van der Waals surface area contributed by atoms with Crippen molar-refractivity contribution >= 4 is 0 Å². The molecule has 0 aromatic heterocycles. The molecule has 4 nitrogen and oxygen atoms in total. The van der Waals surface area contributed by atoms with Gasteiger partial charge < -0.3 is 20.7 Å². The number of ether oxygens (including phenoxy) is 1. The predicted molar refractivity (Wildman–Crippen MR) is 44.6 cm³/mol. The molecule has 4 atom stereocenters. The van der Waals surface area contributed by atoms with Crippen LogP contribution in [0.2, 0.25) is 0 Å². The average molecular weight is 175 g/mol. The van der Waals surface area contributed by atoms with Crippen LogP contribution in [0.1, 0.15) is 19.8 Å². The lowest BCUT2D eigenvalue weighted by atomic mass is 9.88. The Morgan fingerprint density at radius 3 is 2.25 bits per heavy atom. The van der Waals surface area contributed by atoms with Crippen LogP contribution < -0.4 is 5.73 Å². The monoisotopic (exact) mass is 175 g/mol. The van der Waals surface area contributed by atoms with Crippen molar-refractivity contribution in [3.63, 3.8) is 0 Å². The summed E-state index contributed by atoms with van der Waals surface area (Å²) < 4.78 is 5.30. The molecule has 0 radical (unpaired) electrons. The second-order valence-corrected chi connectivity index (χ2v) is 3.26. The SMILES string of the molecule is CCOC1C[C@@H](O)C(N)[C@@H](O)C1. The molecule has 0 spiro atoms. The van der Waals surface area contributed by atoms with Gasteiger partial charge in [-0.2, -0.15) is 0 Å². The fourth-order valence-corrected chi connectivity index (χ4v) is 1.58. The van der Waals surface area contributed by atoms with E-state index in [2.05, 4.69) is 0 Å². The zero-order valence-electron chi connectivity index (χ0n) is 7.31. The molecule has 1 saturated carbocycles. The van der Waals surface area contributed by atoms with Gasteiger partial charge in [0.05, 0.1) is 24.4 Å². The molecule has 0 aliphatic heterocycles. The van der Waals surface area contributed by atoms with Crippen LogP contribution in [0.5, 0.6) is 0 Å². The van der Waals surface area contributed by atoms with E-state index in [0.717, 1.165) is 0 Å². The molecule has 12 heavy (non-hydrogen) atoms. The van der Waals surface area contributed by atoms with Crippen LogP contribution in [0.4, 0.5) is 0 Å². The highest BCUT2D eigenvalue weighted by molar-refractivity contribution is 4.89. The van der Waals surface area contributed by atoms with E-state index < -0.39 is 18.2 Å². The highest BCUT2D eigenvalue weighted by Gasteiger charge is 2.33. The highest BCUT2D eigenvalue weighted by Crippen LogP contribution is 2.20. The van der Waals surface area contributed by atoms with Crippen molar-refractivity contribution in [1.82, 2.24) is 0 Å². The van der Waals surface area contributed by atoms with E-state index in [1.54, 1.807) is 0 Å². The van der Waals surface area contributed by atoms with Crippen molar-refractivity contribution in [3.8, 4) is 0 Å². The Morgan fingerprint density at radius 1 is 1.33 bits per heavy atom. The van der Waals surface area contributed by atoms with Crippen LogP contribution in [0.25, 0.3) is 0 Å². The first-order chi connectivity index (χ1) is 5.65. The Morgan fingerprint density at radius 2 is 1.83 bits per heavy atom. The lowest BCUT2D eigenvalue weighted by molar-refractivity contribution is -0.0674. The number of hydrogen-bond donors (Lipinski definition) is 3. The van der Waals surface area contributed by atoms with Gasteiger partial charge in [0.2, 0.25) is 0 Å². The normalized spacial score (nSPS) is 43.0. The Bertz CT molecular complexity index is 130. The van der Waals surface area contributed by atoms with Crippen LogP contribution >= 0.6 is 0 Å². The molecule has 0 bridgehead atoms. The molecular weight excluding hydrogens is 158 g/mol. The minimum Gasteiger partial charge on any atom is -0.391 e. The van der Waals surface area contributed by atoms with E-state index in [1.807, 2.05) is 6.92 Å². The third-order valence-corrected chi connectivity index (χ3v) is 2.30. The molecule has 1 aliphatic carbocycles. The molecule has 0 heterocycles. The van der Waals surface area contributed by atoms with E-state index in [4.69, 9.17) is 10.5 Å². The van der Waals surface area contributed by atoms with E-state index >= 15 is 0 Å². The second-order valence-electron chi connectivity index (χ2n) is 3.26. The lowest BCUT2D eigenvalue weighted by Crippen LogP contribution is -2.52. The third kappa shape index (κ3) is 2.17. The average Bonchev–Trinajstić information content (AvgIpc) is 2.01. The highest BCUT2D eigenvalue weighted by atomic mass is 16.5. The molecule has 0 aromatic rings. The minimum atomic E-state index is -0.634. The first-order valence-electron chi connectivity index (χ1n) is 4.38. The van der Waals surface area contributed by atoms with Gasteiger partial charge in [0.1, 0.15) is 0 Å². The molecule has 0 aromatic carbocycles. The maximum absolute atomic E-state index is 9.38. The number of aliphatic hydroxyl groups is 2. The van der Waals surface area contributed by atoms with Crippen molar-refractivity contribution < 1.29 is 14.9 Å². The smallest absolute Gasteiger partial charge is 0.0741 e. The predicted octanol–water partition coefficient (Wildman–Crippen LogP) is -0.766. The molecule has 1 aliphatic rings. The van der Waals surface area contributed by atoms with Crippen molar-refractivity contribution in [2.45, 2.75) is 44.1 Å². The summed E-state index contributed by atoms with van der Waals surface area (Å²) in [7, 11) is 0. The summed E-state index contributed by atoms with van der Waals surface area (Å²) in [5.74, 6) is 0. The third-order valence-electron chi connectivity index (χ3n) is 2.30. The summed E-state index contributed by atoms with van der Waals surface area (Å²) in [6.45, 7) is 2.51. The van der Waals surface area contributed by atoms with Crippen LogP contribution in [0.15, 0.2) is 0 Å². The van der Waals surface area contributed by atoms with Crippen molar-refractivity contribution in [2.24, 2.45) is 5.73 Å². The van der Waals surface area contributed by atoms with Crippen molar-refractivity contribution in [3.05, 3.63) is 0 Å². The van der Waals surface area contributed by atoms with Gasteiger partial charge in [-0.15, -0.1) is 0 Å². The van der Waals surface area contributed by atoms with Gasteiger partial charge >= 0.3 is 0 Å². The number of nitrogens with two attached hydrogens (primary N) is 1. The van der Waals surface area contributed by atoms with Gasteiger partial charge in [-0.05, 0) is 6.92 Å². The Balaban J connectivity index is 2.42. The maximum Gasteiger partial charge on any atom is 0.0741 e. The van der Waals surface area contributed by atoms with Crippen LogP contribution in [0.3, 0.4) is 0 Å². The molecule has 0 saturated heterocycles. The summed E-state index contributed by atoms with van der Waals surface area (Å²) in [5.41, 5.74) is 5.52. The molecule has 1 rings (SSSR count). The lowest BCUT2D eigenvalue weighted by Gasteiger charge is -2.34. The fraction of sp³-hybridized carbons (Fsp3) is 1.00. The van der Waals surface area contributed by atoms with Crippen LogP contribution in [-0.2, 0) is 4.74 Å². The zero-order valence-corrected chi connectivity index (χ0v) is 7.31. The molecule has 72 valence electrons. The van der Waals surface area contributed by atoms with Gasteiger partial charge in [-0.25, -0.2) is 0 Å². The number of hydrogen-bond acceptors (Lipinski definition) is 4. The zero-order chi connectivity index (χ0) is 9.14. The van der Waals surface area contributed by atoms with Crippen molar-refractivity contribution in [2.75, 3.05) is 6.61 Å². The van der Waals surface area contributed by atoms with E-state index in [9.17, 15) is 10.2 Å². The van der Waals surface area contributed by atoms with Gasteiger partial charge in [-0.3, -0.25) is 0 Å². The molecule has 4 heteroatoms. The fourth-order valence-electron chi connectivity index (χ4n) is 1.58. The summed E-state index contributed by atoms with van der Waals surface area (Å²) in [5, 5.41) is 18.8. The Labute approximate surface area is 72.3 Å². The first kappa shape index (κ1) is 9.92. The van der Waals surface area contributed by atoms with E-state index in [-0.39, 0.29) is 6.10 Å². The van der Waals surface area contributed by atoms with Gasteiger partial charge in [-0.1, -0.05) is 0 Å². The molecular formula is C8H17NO3. The van der Waals surface area contributed by atoms with Gasteiger partial charge in [0, 0.05) is 19.4 Å². The van der Waals surface area contributed by atoms with Crippen molar-refractivity contribution in [1.29, 1.82) is 0 Å². The minimum absolute atomic E-state index is 0.0419. The topological polar surface area (TPSA) is 75.7 Å². The van der Waals surface area contributed by atoms with Gasteiger partial charge in [0.15, 0.2) is 0 Å². The van der Waals surface area contributed by atoms with Gasteiger partial charge in [0.25, 0.3) is 0 Å². The Hall–Kier alpha value is -0.160. The summed E-state index contributed by atoms with van der Waals surface area (Å²) in [6.07, 6.45) is -0.242. The summed E-state index contributed by atoms with van der Waals surface area (Å²) in [4.78, 5) is 0. The van der Waals surface area contributed by atoms with E-state index in [0.29, 0.717) is 19.4 Å². The van der Waals surface area contributed by atoms with Crippen LogP contribution in [-0.4, -0.2) is 41.2 Å². The first-order valence-corrected chi connectivity index (χ1v) is 4.38. The maximum atomic E-state index is 9.38. The number of aliphatic hydroxyl groups excluding tert-OH is 2. The summed E-state index contributed by atoms with van der Waals surface area (Å²) >= 11 is 0. The molecule has 4 N–H and O–H groups in total. The standard InChI is InChI=1S/C8H17NO3/c1-2-12-5-3-6(10)8(9)7(11)4-5/h5-8,10-11H,2-4,9H2,1H3/t5?,6-,7+,8?. The Kier molecular flexibility index (Phi) is 3.46. The second kappa shape index (κ2) is 4.18. The van der Waals surface area contributed by atoms with E-state index in [1.165, 1.54) is 0 Å². The molecule has 0 amide bonds. The number of rotatable bonds is 2. The summed E-state index contributed by atoms with van der Waals surface area (Å²) in [6, 6.07) is -0.512. The van der Waals surface area contributed by atoms with Crippen LogP contribution in [0, 0.1) is 0 Å². The molecule has 1 fully saturated rings. The largest absolute Gasteiger partial charge is 0.391 e.